The lowest BCUT2D eigenvalue weighted by atomic mass is 9.97. The first-order valence-electron chi connectivity index (χ1n) is 5.69. The minimum Gasteiger partial charge on any atom is -0.271 e. The first kappa shape index (κ1) is 14.1. The first-order valence-corrected chi connectivity index (χ1v) is 6.48. The van der Waals surface area contributed by atoms with Gasteiger partial charge in [-0.05, 0) is 42.3 Å². The van der Waals surface area contributed by atoms with E-state index < -0.39 is 11.9 Å². The molecule has 5 heteroatoms. The van der Waals surface area contributed by atoms with Crippen molar-refractivity contribution < 1.29 is 8.78 Å². The minimum atomic E-state index is -0.595. The highest BCUT2D eigenvalue weighted by Crippen LogP contribution is 2.27. The normalized spacial score (nSPS) is 12.5. The van der Waals surface area contributed by atoms with E-state index in [0.717, 1.165) is 5.56 Å². The summed E-state index contributed by atoms with van der Waals surface area (Å²) in [6.07, 6.45) is 0. The molecule has 0 aliphatic rings. The third-order valence-electron chi connectivity index (χ3n) is 2.84. The largest absolute Gasteiger partial charge is 0.271 e. The molecule has 0 bridgehead atoms. The number of hydrogen-bond acceptors (Lipinski definition) is 2. The summed E-state index contributed by atoms with van der Waals surface area (Å²) in [6, 6.07) is 8.62. The highest BCUT2D eigenvalue weighted by molar-refractivity contribution is 9.10. The lowest BCUT2D eigenvalue weighted by Gasteiger charge is -2.18. The molecule has 2 aromatic carbocycles. The Morgan fingerprint density at radius 2 is 1.89 bits per heavy atom. The summed E-state index contributed by atoms with van der Waals surface area (Å²) in [5.74, 6) is 4.72. The van der Waals surface area contributed by atoms with E-state index in [2.05, 4.69) is 21.4 Å². The molecule has 2 nitrogen and oxygen atoms in total. The summed E-state index contributed by atoms with van der Waals surface area (Å²) < 4.78 is 28.0. The third kappa shape index (κ3) is 3.18. The minimum absolute atomic E-state index is 0.368. The fourth-order valence-corrected chi connectivity index (χ4v) is 2.37. The van der Waals surface area contributed by atoms with Gasteiger partial charge in [0, 0.05) is 10.0 Å². The molecule has 19 heavy (non-hydrogen) atoms. The highest BCUT2D eigenvalue weighted by atomic mass is 79.9. The Morgan fingerprint density at radius 1 is 1.16 bits per heavy atom. The third-order valence-corrected chi connectivity index (χ3v) is 3.33. The van der Waals surface area contributed by atoms with Crippen molar-refractivity contribution in [1.82, 2.24) is 5.43 Å². The second-order valence-electron chi connectivity index (χ2n) is 4.33. The summed E-state index contributed by atoms with van der Waals surface area (Å²) >= 11 is 3.20. The van der Waals surface area contributed by atoms with Crippen LogP contribution in [-0.4, -0.2) is 0 Å². The molecule has 0 fully saturated rings. The number of nitrogens with one attached hydrogen (secondary N) is 1. The fourth-order valence-electron chi connectivity index (χ4n) is 2.03. The molecule has 0 saturated carbocycles. The number of aryl methyl sites for hydroxylation is 1. The van der Waals surface area contributed by atoms with Crippen LogP contribution in [0, 0.1) is 18.6 Å². The average Bonchev–Trinajstić information content (AvgIpc) is 2.31. The van der Waals surface area contributed by atoms with Gasteiger partial charge in [0.05, 0.1) is 6.04 Å². The first-order chi connectivity index (χ1) is 9.01. The number of halogens is 3. The predicted octanol–water partition coefficient (Wildman–Crippen LogP) is 3.59. The maximum Gasteiger partial charge on any atom is 0.129 e. The fraction of sp³-hybridized carbons (Fsp3) is 0.143. The van der Waals surface area contributed by atoms with Crippen LogP contribution in [0.3, 0.4) is 0 Å². The summed E-state index contributed by atoms with van der Waals surface area (Å²) in [6.45, 7) is 1.78. The smallest absolute Gasteiger partial charge is 0.129 e. The lowest BCUT2D eigenvalue weighted by Crippen LogP contribution is -2.29. The van der Waals surface area contributed by atoms with E-state index in [1.807, 2.05) is 0 Å². The zero-order valence-corrected chi connectivity index (χ0v) is 11.8. The molecule has 3 N–H and O–H groups in total. The topological polar surface area (TPSA) is 38.0 Å². The Bertz CT molecular complexity index is 582. The van der Waals surface area contributed by atoms with Gasteiger partial charge in [0.2, 0.25) is 0 Å². The Labute approximate surface area is 118 Å². The van der Waals surface area contributed by atoms with Crippen LogP contribution in [0.1, 0.15) is 22.7 Å². The van der Waals surface area contributed by atoms with E-state index >= 15 is 0 Å². The van der Waals surface area contributed by atoms with Crippen molar-refractivity contribution in [3.8, 4) is 0 Å². The van der Waals surface area contributed by atoms with Crippen molar-refractivity contribution in [2.45, 2.75) is 13.0 Å². The van der Waals surface area contributed by atoms with Gasteiger partial charge in [0.1, 0.15) is 11.6 Å². The van der Waals surface area contributed by atoms with Gasteiger partial charge in [-0.25, -0.2) is 14.2 Å². The number of hydrazine groups is 1. The van der Waals surface area contributed by atoms with Crippen molar-refractivity contribution in [1.29, 1.82) is 0 Å². The summed E-state index contributed by atoms with van der Waals surface area (Å²) in [5, 5.41) is 0. The maximum atomic E-state index is 14.0. The van der Waals surface area contributed by atoms with Gasteiger partial charge in [0.15, 0.2) is 0 Å². The Morgan fingerprint density at radius 3 is 2.47 bits per heavy atom. The van der Waals surface area contributed by atoms with Crippen LogP contribution < -0.4 is 11.3 Å². The Kier molecular flexibility index (Phi) is 4.29. The van der Waals surface area contributed by atoms with E-state index in [-0.39, 0.29) is 5.82 Å². The van der Waals surface area contributed by atoms with Crippen molar-refractivity contribution in [3.05, 3.63) is 69.2 Å². The molecule has 2 aromatic rings. The lowest BCUT2D eigenvalue weighted by molar-refractivity contribution is 0.554. The maximum absolute atomic E-state index is 14.0. The van der Waals surface area contributed by atoms with E-state index in [1.165, 1.54) is 18.2 Å². The molecule has 1 unspecified atom stereocenters. The van der Waals surface area contributed by atoms with Crippen LogP contribution in [0.15, 0.2) is 40.9 Å². The van der Waals surface area contributed by atoms with Gasteiger partial charge in [-0.15, -0.1) is 0 Å². The van der Waals surface area contributed by atoms with Gasteiger partial charge in [-0.2, -0.15) is 0 Å². The SMILES string of the molecule is Cc1cc(F)cc(C(NN)c2ccc(Br)cc2F)c1. The zero-order chi connectivity index (χ0) is 14.0. The van der Waals surface area contributed by atoms with Crippen LogP contribution in [0.4, 0.5) is 8.78 Å². The van der Waals surface area contributed by atoms with E-state index in [1.54, 1.807) is 25.1 Å². The quantitative estimate of drug-likeness (QED) is 0.668. The molecule has 0 aliphatic carbocycles. The highest BCUT2D eigenvalue weighted by Gasteiger charge is 2.17. The van der Waals surface area contributed by atoms with Crippen molar-refractivity contribution in [2.75, 3.05) is 0 Å². The van der Waals surface area contributed by atoms with Crippen LogP contribution in [0.25, 0.3) is 0 Å². The van der Waals surface area contributed by atoms with Gasteiger partial charge >= 0.3 is 0 Å². The Hall–Kier alpha value is -1.30. The number of rotatable bonds is 3. The average molecular weight is 327 g/mol. The van der Waals surface area contributed by atoms with Gasteiger partial charge in [-0.1, -0.05) is 28.1 Å². The standard InChI is InChI=1S/C14H13BrF2N2/c1-8-4-9(6-11(16)5-8)14(19-18)12-3-2-10(15)7-13(12)17/h2-7,14,19H,18H2,1H3. The Balaban J connectivity index is 2.49. The number of nitrogens with two attached hydrogens (primary N) is 1. The molecule has 1 atom stereocenters. The van der Waals surface area contributed by atoms with Crippen LogP contribution in [-0.2, 0) is 0 Å². The zero-order valence-electron chi connectivity index (χ0n) is 10.3. The second kappa shape index (κ2) is 5.77. The molecule has 100 valence electrons. The van der Waals surface area contributed by atoms with Crippen LogP contribution >= 0.6 is 15.9 Å². The van der Waals surface area contributed by atoms with E-state index in [4.69, 9.17) is 5.84 Å². The molecule has 0 aliphatic heterocycles. The van der Waals surface area contributed by atoms with Crippen molar-refractivity contribution >= 4 is 15.9 Å². The molecule has 0 radical (unpaired) electrons. The molecule has 0 spiro atoms. The summed E-state index contributed by atoms with van der Waals surface area (Å²) in [5.41, 5.74) is 4.24. The van der Waals surface area contributed by atoms with Crippen LogP contribution in [0.2, 0.25) is 0 Å². The van der Waals surface area contributed by atoms with Gasteiger partial charge in [0.25, 0.3) is 0 Å². The second-order valence-corrected chi connectivity index (χ2v) is 5.24. The van der Waals surface area contributed by atoms with E-state index in [0.29, 0.717) is 15.6 Å². The molecular formula is C14H13BrF2N2. The summed E-state index contributed by atoms with van der Waals surface area (Å²) in [7, 11) is 0. The van der Waals surface area contributed by atoms with Crippen LogP contribution in [0.5, 0.6) is 0 Å². The van der Waals surface area contributed by atoms with Gasteiger partial charge in [-0.3, -0.25) is 5.84 Å². The van der Waals surface area contributed by atoms with Crippen molar-refractivity contribution in [2.24, 2.45) is 5.84 Å². The predicted molar refractivity (Wildman–Crippen MR) is 74.4 cm³/mol. The number of hydrogen-bond donors (Lipinski definition) is 2. The summed E-state index contributed by atoms with van der Waals surface area (Å²) in [4.78, 5) is 0. The number of benzene rings is 2. The molecule has 0 amide bonds. The molecule has 0 heterocycles. The molecule has 2 rings (SSSR count). The monoisotopic (exact) mass is 326 g/mol. The van der Waals surface area contributed by atoms with Crippen molar-refractivity contribution in [3.63, 3.8) is 0 Å². The van der Waals surface area contributed by atoms with E-state index in [9.17, 15) is 8.78 Å². The molecule has 0 aromatic heterocycles. The molecular weight excluding hydrogens is 314 g/mol. The van der Waals surface area contributed by atoms with Gasteiger partial charge < -0.3 is 0 Å². The molecule has 0 saturated heterocycles.